The molecule has 0 radical (unpaired) electrons. The quantitative estimate of drug-likeness (QED) is 0.127. The molecule has 3 fully saturated rings. The first-order valence-corrected chi connectivity index (χ1v) is 13.3. The van der Waals surface area contributed by atoms with Gasteiger partial charge in [0, 0.05) is 20.8 Å². The van der Waals surface area contributed by atoms with Crippen LogP contribution in [-0.4, -0.2) is 147 Å². The molecule has 17 heteroatoms. The fourth-order valence-corrected chi connectivity index (χ4v) is 5.16. The minimum absolute atomic E-state index is 0.567. The zero-order chi connectivity index (χ0) is 30.8. The lowest BCUT2D eigenvalue weighted by Gasteiger charge is -2.50. The molecule has 0 unspecified atom stereocenters. The first-order chi connectivity index (χ1) is 19.2. The van der Waals surface area contributed by atoms with E-state index in [0.717, 1.165) is 6.92 Å². The fraction of sp³-hybridized carbons (Fsp3) is 0.875. The van der Waals surface area contributed by atoms with E-state index < -0.39 is 116 Å². The van der Waals surface area contributed by atoms with Gasteiger partial charge in [-0.2, -0.15) is 0 Å². The highest BCUT2D eigenvalue weighted by Crippen LogP contribution is 2.32. The lowest BCUT2D eigenvalue weighted by Crippen LogP contribution is -2.70. The van der Waals surface area contributed by atoms with Gasteiger partial charge in [-0.3, -0.25) is 14.4 Å². The molecule has 9 N–H and O–H groups in total. The Kier molecular flexibility index (Phi) is 11.4. The third-order valence-electron chi connectivity index (χ3n) is 7.22. The summed E-state index contributed by atoms with van der Waals surface area (Å²) in [5.41, 5.74) is 0. The highest BCUT2D eigenvalue weighted by molar-refractivity contribution is 5.74. The summed E-state index contributed by atoms with van der Waals surface area (Å²) >= 11 is 0. The smallest absolute Gasteiger partial charge is 0.217 e. The van der Waals surface area contributed by atoms with Gasteiger partial charge in [0.1, 0.15) is 60.9 Å². The second kappa shape index (κ2) is 14.0. The Morgan fingerprint density at radius 1 is 0.634 bits per heavy atom. The number of aliphatic hydroxyl groups excluding tert-OH is 6. The van der Waals surface area contributed by atoms with E-state index in [-0.39, 0.29) is 0 Å². The number of ether oxygens (including phenoxy) is 5. The van der Waals surface area contributed by atoms with Gasteiger partial charge < -0.3 is 70.3 Å². The summed E-state index contributed by atoms with van der Waals surface area (Å²) in [5.74, 6) is -1.77. The zero-order valence-electron chi connectivity index (χ0n) is 23.3. The predicted molar refractivity (Wildman–Crippen MR) is 133 cm³/mol. The molecular formula is C24H41N3O14. The number of aliphatic hydroxyl groups is 6. The van der Waals surface area contributed by atoms with E-state index in [2.05, 4.69) is 16.0 Å². The maximum Gasteiger partial charge on any atom is 0.217 e. The number of hydrogen-bond acceptors (Lipinski definition) is 14. The van der Waals surface area contributed by atoms with Gasteiger partial charge >= 0.3 is 0 Å². The molecule has 0 bridgehead atoms. The van der Waals surface area contributed by atoms with Gasteiger partial charge in [-0.15, -0.1) is 0 Å². The highest BCUT2D eigenvalue weighted by Gasteiger charge is 2.53. The third-order valence-corrected chi connectivity index (χ3v) is 7.22. The van der Waals surface area contributed by atoms with Crippen LogP contribution >= 0.6 is 0 Å². The Morgan fingerprint density at radius 3 is 1.59 bits per heavy atom. The normalized spacial score (nSPS) is 45.0. The Balaban J connectivity index is 1.95. The fourth-order valence-electron chi connectivity index (χ4n) is 5.16. The van der Waals surface area contributed by atoms with Crippen LogP contribution in [0, 0.1) is 0 Å². The van der Waals surface area contributed by atoms with Crippen molar-refractivity contribution in [2.24, 2.45) is 0 Å². The molecule has 15 atom stereocenters. The number of nitrogens with one attached hydrogen (secondary N) is 3. The van der Waals surface area contributed by atoms with Crippen molar-refractivity contribution in [3.8, 4) is 0 Å². The summed E-state index contributed by atoms with van der Waals surface area (Å²) in [4.78, 5) is 35.9. The Morgan fingerprint density at radius 2 is 1.07 bits per heavy atom. The van der Waals surface area contributed by atoms with Crippen LogP contribution in [0.15, 0.2) is 0 Å². The largest absolute Gasteiger partial charge is 0.394 e. The number of amides is 3. The number of rotatable bonds is 8. The van der Waals surface area contributed by atoms with Crippen molar-refractivity contribution in [3.63, 3.8) is 0 Å². The van der Waals surface area contributed by atoms with E-state index in [1.165, 1.54) is 27.7 Å². The molecule has 41 heavy (non-hydrogen) atoms. The van der Waals surface area contributed by atoms with Crippen molar-refractivity contribution in [3.05, 3.63) is 0 Å². The summed E-state index contributed by atoms with van der Waals surface area (Å²) < 4.78 is 28.8. The molecule has 236 valence electrons. The molecule has 0 spiro atoms. The average Bonchev–Trinajstić information content (AvgIpc) is 2.88. The summed E-state index contributed by atoms with van der Waals surface area (Å²) in [5, 5.41) is 70.4. The van der Waals surface area contributed by atoms with Gasteiger partial charge in [-0.1, -0.05) is 0 Å². The van der Waals surface area contributed by atoms with Crippen LogP contribution in [0.25, 0.3) is 0 Å². The molecule has 17 nitrogen and oxygen atoms in total. The van der Waals surface area contributed by atoms with E-state index in [0.29, 0.717) is 0 Å². The lowest BCUT2D eigenvalue weighted by atomic mass is 9.94. The van der Waals surface area contributed by atoms with Crippen LogP contribution in [0.4, 0.5) is 0 Å². The number of hydrogen-bond donors (Lipinski definition) is 9. The molecule has 3 amide bonds. The molecule has 0 aliphatic carbocycles. The summed E-state index contributed by atoms with van der Waals surface area (Å²) in [6.45, 7) is 5.74. The van der Waals surface area contributed by atoms with E-state index in [9.17, 15) is 45.0 Å². The van der Waals surface area contributed by atoms with Crippen molar-refractivity contribution in [2.75, 3.05) is 6.61 Å². The van der Waals surface area contributed by atoms with Crippen molar-refractivity contribution in [1.82, 2.24) is 16.0 Å². The molecule has 0 aromatic carbocycles. The minimum atomic E-state index is -1.70. The minimum Gasteiger partial charge on any atom is -0.394 e. The average molecular weight is 596 g/mol. The summed E-state index contributed by atoms with van der Waals surface area (Å²) in [6.07, 6.45) is -16.6. The molecular weight excluding hydrogens is 554 g/mol. The monoisotopic (exact) mass is 595 g/mol. The summed E-state index contributed by atoms with van der Waals surface area (Å²) in [7, 11) is 0. The Labute approximate surface area is 236 Å². The zero-order valence-corrected chi connectivity index (χ0v) is 23.3. The number of carbonyl (C=O) groups is 3. The van der Waals surface area contributed by atoms with Gasteiger partial charge in [0.15, 0.2) is 18.9 Å². The van der Waals surface area contributed by atoms with Crippen LogP contribution in [-0.2, 0) is 38.1 Å². The van der Waals surface area contributed by atoms with Gasteiger partial charge in [-0.25, -0.2) is 0 Å². The second-order valence-corrected chi connectivity index (χ2v) is 10.5. The molecule has 0 saturated carbocycles. The van der Waals surface area contributed by atoms with E-state index in [4.69, 9.17) is 23.7 Å². The lowest BCUT2D eigenvalue weighted by molar-refractivity contribution is -0.341. The van der Waals surface area contributed by atoms with Crippen LogP contribution in [0.5, 0.6) is 0 Å². The van der Waals surface area contributed by atoms with Crippen molar-refractivity contribution < 1.29 is 68.7 Å². The van der Waals surface area contributed by atoms with Gasteiger partial charge in [-0.05, 0) is 13.8 Å². The third kappa shape index (κ3) is 7.68. The second-order valence-electron chi connectivity index (χ2n) is 10.5. The first-order valence-electron chi connectivity index (χ1n) is 13.3. The topological polar surface area (TPSA) is 255 Å². The Bertz CT molecular complexity index is 928. The van der Waals surface area contributed by atoms with E-state index in [1.54, 1.807) is 0 Å². The SMILES string of the molecule is CC(=O)N[C@@H]1[C@H](O[C@@H]2[C@H](O)[C@H](C)O[C@@H](O[C@H]3[C@H](O)[C@@H](CO)O[C@@H](O)[C@@H]3NC(C)=O)[C@H]2NC(C)=O)O[C@@H](C)[C@@H](O)[C@H]1O. The first kappa shape index (κ1) is 33.5. The molecule has 3 aliphatic heterocycles. The molecule has 3 aliphatic rings. The van der Waals surface area contributed by atoms with Crippen molar-refractivity contribution in [1.29, 1.82) is 0 Å². The van der Waals surface area contributed by atoms with Crippen molar-refractivity contribution in [2.45, 2.75) is 127 Å². The maximum atomic E-state index is 12.2. The van der Waals surface area contributed by atoms with Crippen LogP contribution in [0.1, 0.15) is 34.6 Å². The van der Waals surface area contributed by atoms with Gasteiger partial charge in [0.2, 0.25) is 17.7 Å². The molecule has 3 saturated heterocycles. The standard InChI is InChI=1S/C24H41N3O14/c1-7-16(32)19(35)13(25-9(3)29)23(37-7)41-21-15(27-11(5)31)24(38-8(2)17(21)33)40-20-14(26-10(4)30)22(36)39-12(6-28)18(20)34/h7-8,12-24,28,32-36H,6H2,1-5H3,(H,25,29)(H,26,30)(H,27,31)/t7-,8-,12+,13-,14+,15-,16+,17+,18+,19-,20+,21-,22+,23-,24-/m0/s1. The molecule has 3 heterocycles. The molecule has 0 aromatic heterocycles. The van der Waals surface area contributed by atoms with Crippen molar-refractivity contribution >= 4 is 17.7 Å². The van der Waals surface area contributed by atoms with Gasteiger partial charge in [0.05, 0.1) is 18.8 Å². The maximum absolute atomic E-state index is 12.2. The van der Waals surface area contributed by atoms with E-state index >= 15 is 0 Å². The molecule has 0 aromatic rings. The Hall–Kier alpha value is -2.03. The molecule has 3 rings (SSSR count). The highest BCUT2D eigenvalue weighted by atomic mass is 16.7. The summed E-state index contributed by atoms with van der Waals surface area (Å²) in [6, 6.07) is -3.93. The van der Waals surface area contributed by atoms with Crippen LogP contribution in [0.3, 0.4) is 0 Å². The van der Waals surface area contributed by atoms with Gasteiger partial charge in [0.25, 0.3) is 0 Å². The van der Waals surface area contributed by atoms with Crippen LogP contribution < -0.4 is 16.0 Å². The van der Waals surface area contributed by atoms with E-state index in [1.807, 2.05) is 0 Å². The number of carbonyl (C=O) groups excluding carboxylic acids is 3. The predicted octanol–water partition coefficient (Wildman–Crippen LogP) is -5.09. The van der Waals surface area contributed by atoms with Crippen LogP contribution in [0.2, 0.25) is 0 Å².